The third-order valence-electron chi connectivity index (χ3n) is 2.61. The molecular weight excluding hydrogens is 218 g/mol. The van der Waals surface area contributed by atoms with Crippen LogP contribution in [-0.2, 0) is 6.54 Å². The van der Waals surface area contributed by atoms with Crippen molar-refractivity contribution < 1.29 is 0 Å². The summed E-state index contributed by atoms with van der Waals surface area (Å²) in [5.74, 6) is 1.66. The van der Waals surface area contributed by atoms with Gasteiger partial charge in [-0.25, -0.2) is 9.97 Å². The summed E-state index contributed by atoms with van der Waals surface area (Å²) in [6, 6.07) is 5.86. The topological polar surface area (TPSA) is 37.8 Å². The molecule has 0 aromatic carbocycles. The molecule has 2 heterocycles. The SMILES string of the molecule is c1ccc(NCc2csc(C3CC3)n2)nc1. The van der Waals surface area contributed by atoms with Crippen LogP contribution >= 0.6 is 11.3 Å². The highest BCUT2D eigenvalue weighted by Crippen LogP contribution is 2.41. The maximum absolute atomic E-state index is 4.62. The molecular formula is C12H13N3S. The van der Waals surface area contributed by atoms with Crippen LogP contribution in [0.4, 0.5) is 5.82 Å². The summed E-state index contributed by atoms with van der Waals surface area (Å²) >= 11 is 1.78. The molecule has 16 heavy (non-hydrogen) atoms. The van der Waals surface area contributed by atoms with Gasteiger partial charge >= 0.3 is 0 Å². The van der Waals surface area contributed by atoms with Gasteiger partial charge in [0.25, 0.3) is 0 Å². The van der Waals surface area contributed by atoms with Crippen LogP contribution in [0.2, 0.25) is 0 Å². The van der Waals surface area contributed by atoms with E-state index in [9.17, 15) is 0 Å². The van der Waals surface area contributed by atoms with Crippen molar-refractivity contribution >= 4 is 17.2 Å². The van der Waals surface area contributed by atoms with Crippen LogP contribution < -0.4 is 5.32 Å². The lowest BCUT2D eigenvalue weighted by Crippen LogP contribution is -2.01. The minimum atomic E-state index is 0.758. The first-order valence-corrected chi connectivity index (χ1v) is 6.39. The molecule has 4 heteroatoms. The fourth-order valence-electron chi connectivity index (χ4n) is 1.57. The Hall–Kier alpha value is -1.42. The van der Waals surface area contributed by atoms with E-state index in [0.717, 1.165) is 24.0 Å². The zero-order chi connectivity index (χ0) is 10.8. The Kier molecular flexibility index (Phi) is 2.58. The Morgan fingerprint density at radius 1 is 1.38 bits per heavy atom. The van der Waals surface area contributed by atoms with Gasteiger partial charge < -0.3 is 5.32 Å². The average molecular weight is 231 g/mol. The van der Waals surface area contributed by atoms with Gasteiger partial charge in [0.1, 0.15) is 5.82 Å². The van der Waals surface area contributed by atoms with Crippen LogP contribution in [0.15, 0.2) is 29.8 Å². The molecule has 1 aliphatic rings. The lowest BCUT2D eigenvalue weighted by molar-refractivity contribution is 0.995. The summed E-state index contributed by atoms with van der Waals surface area (Å²) in [4.78, 5) is 8.83. The van der Waals surface area contributed by atoms with E-state index >= 15 is 0 Å². The van der Waals surface area contributed by atoms with Crippen LogP contribution in [0.1, 0.15) is 29.5 Å². The second kappa shape index (κ2) is 4.22. The van der Waals surface area contributed by atoms with Gasteiger partial charge in [0.05, 0.1) is 17.2 Å². The van der Waals surface area contributed by atoms with Crippen molar-refractivity contribution in [2.75, 3.05) is 5.32 Å². The zero-order valence-corrected chi connectivity index (χ0v) is 9.70. The first-order chi connectivity index (χ1) is 7.92. The van der Waals surface area contributed by atoms with E-state index in [4.69, 9.17) is 0 Å². The second-order valence-corrected chi connectivity index (χ2v) is 4.91. The summed E-state index contributed by atoms with van der Waals surface area (Å²) in [7, 11) is 0. The van der Waals surface area contributed by atoms with E-state index in [1.165, 1.54) is 17.8 Å². The Balaban J connectivity index is 1.61. The summed E-state index contributed by atoms with van der Waals surface area (Å²) in [5, 5.41) is 6.71. The van der Waals surface area contributed by atoms with Crippen molar-refractivity contribution in [2.45, 2.75) is 25.3 Å². The number of pyridine rings is 1. The molecule has 1 aliphatic carbocycles. The minimum Gasteiger partial charge on any atom is -0.364 e. The highest BCUT2D eigenvalue weighted by molar-refractivity contribution is 7.09. The van der Waals surface area contributed by atoms with Crippen LogP contribution in [0.3, 0.4) is 0 Å². The molecule has 2 aromatic heterocycles. The standard InChI is InChI=1S/C12H13N3S/c1-2-6-13-11(3-1)14-7-10-8-16-12(15-10)9-4-5-9/h1-3,6,8-9H,4-5,7H2,(H,13,14). The molecule has 1 saturated carbocycles. The average Bonchev–Trinajstić information content (AvgIpc) is 3.08. The number of rotatable bonds is 4. The Morgan fingerprint density at radius 3 is 3.06 bits per heavy atom. The van der Waals surface area contributed by atoms with Crippen LogP contribution in [-0.4, -0.2) is 9.97 Å². The van der Waals surface area contributed by atoms with Gasteiger partial charge in [-0.05, 0) is 25.0 Å². The normalized spacial score (nSPS) is 15.0. The van der Waals surface area contributed by atoms with Crippen molar-refractivity contribution in [1.82, 2.24) is 9.97 Å². The molecule has 0 saturated heterocycles. The van der Waals surface area contributed by atoms with E-state index in [-0.39, 0.29) is 0 Å². The summed E-state index contributed by atoms with van der Waals surface area (Å²) in [5.41, 5.74) is 1.12. The predicted molar refractivity (Wildman–Crippen MR) is 65.7 cm³/mol. The van der Waals surface area contributed by atoms with E-state index in [0.29, 0.717) is 0 Å². The van der Waals surface area contributed by atoms with Gasteiger partial charge in [-0.2, -0.15) is 0 Å². The Morgan fingerprint density at radius 2 is 2.31 bits per heavy atom. The van der Waals surface area contributed by atoms with E-state index in [1.54, 1.807) is 17.5 Å². The number of aromatic nitrogens is 2. The quantitative estimate of drug-likeness (QED) is 0.879. The van der Waals surface area contributed by atoms with Crippen molar-refractivity contribution in [3.05, 3.63) is 40.5 Å². The fourth-order valence-corrected chi connectivity index (χ4v) is 2.56. The minimum absolute atomic E-state index is 0.758. The highest BCUT2D eigenvalue weighted by atomic mass is 32.1. The van der Waals surface area contributed by atoms with Gasteiger partial charge in [0.15, 0.2) is 0 Å². The molecule has 0 radical (unpaired) electrons. The van der Waals surface area contributed by atoms with Crippen molar-refractivity contribution in [3.8, 4) is 0 Å². The van der Waals surface area contributed by atoms with Gasteiger partial charge in [-0.1, -0.05) is 6.07 Å². The van der Waals surface area contributed by atoms with Gasteiger partial charge in [0, 0.05) is 17.5 Å². The Labute approximate surface area is 98.6 Å². The van der Waals surface area contributed by atoms with Gasteiger partial charge in [-0.3, -0.25) is 0 Å². The summed E-state index contributed by atoms with van der Waals surface area (Å²) in [6.07, 6.45) is 4.43. The van der Waals surface area contributed by atoms with E-state index < -0.39 is 0 Å². The van der Waals surface area contributed by atoms with E-state index in [1.807, 2.05) is 18.2 Å². The smallest absolute Gasteiger partial charge is 0.126 e. The second-order valence-electron chi connectivity index (χ2n) is 4.02. The molecule has 3 nitrogen and oxygen atoms in total. The maximum atomic E-state index is 4.62. The molecule has 3 rings (SSSR count). The fraction of sp³-hybridized carbons (Fsp3) is 0.333. The Bertz CT molecular complexity index is 462. The van der Waals surface area contributed by atoms with Crippen molar-refractivity contribution in [3.63, 3.8) is 0 Å². The van der Waals surface area contributed by atoms with Crippen LogP contribution in [0, 0.1) is 0 Å². The maximum Gasteiger partial charge on any atom is 0.126 e. The van der Waals surface area contributed by atoms with Crippen LogP contribution in [0.25, 0.3) is 0 Å². The molecule has 0 aliphatic heterocycles. The van der Waals surface area contributed by atoms with E-state index in [2.05, 4.69) is 20.7 Å². The number of nitrogens with zero attached hydrogens (tertiary/aromatic N) is 2. The molecule has 0 bridgehead atoms. The number of thiazole rings is 1. The van der Waals surface area contributed by atoms with Crippen molar-refractivity contribution in [1.29, 1.82) is 0 Å². The van der Waals surface area contributed by atoms with Crippen LogP contribution in [0.5, 0.6) is 0 Å². The first-order valence-electron chi connectivity index (χ1n) is 5.51. The molecule has 0 atom stereocenters. The molecule has 1 N–H and O–H groups in total. The molecule has 0 amide bonds. The number of anilines is 1. The molecule has 0 spiro atoms. The molecule has 2 aromatic rings. The zero-order valence-electron chi connectivity index (χ0n) is 8.89. The predicted octanol–water partition coefficient (Wildman–Crippen LogP) is 3.03. The molecule has 0 unspecified atom stereocenters. The lowest BCUT2D eigenvalue weighted by Gasteiger charge is -2.01. The first kappa shape index (κ1) is 9.78. The highest BCUT2D eigenvalue weighted by Gasteiger charge is 2.26. The number of nitrogens with one attached hydrogen (secondary N) is 1. The molecule has 1 fully saturated rings. The summed E-state index contributed by atoms with van der Waals surface area (Å²) in [6.45, 7) is 0.764. The van der Waals surface area contributed by atoms with Gasteiger partial charge in [-0.15, -0.1) is 11.3 Å². The lowest BCUT2D eigenvalue weighted by atomic mass is 10.4. The third-order valence-corrected chi connectivity index (χ3v) is 3.67. The molecule has 82 valence electrons. The monoisotopic (exact) mass is 231 g/mol. The number of hydrogen-bond donors (Lipinski definition) is 1. The van der Waals surface area contributed by atoms with Crippen molar-refractivity contribution in [2.24, 2.45) is 0 Å². The number of hydrogen-bond acceptors (Lipinski definition) is 4. The van der Waals surface area contributed by atoms with Gasteiger partial charge in [0.2, 0.25) is 0 Å². The largest absolute Gasteiger partial charge is 0.364 e. The summed E-state index contributed by atoms with van der Waals surface area (Å²) < 4.78 is 0. The third kappa shape index (κ3) is 2.22.